The number of carbonyl (C=O) groups is 1. The van der Waals surface area contributed by atoms with Gasteiger partial charge in [0.15, 0.2) is 6.10 Å². The lowest BCUT2D eigenvalue weighted by molar-refractivity contribution is -0.218. The molecule has 17 heavy (non-hydrogen) atoms. The van der Waals surface area contributed by atoms with Crippen LogP contribution in [0.3, 0.4) is 0 Å². The monoisotopic (exact) mass is 234 g/mol. The summed E-state index contributed by atoms with van der Waals surface area (Å²) in [6.07, 6.45) is -0.611. The third-order valence-corrected chi connectivity index (χ3v) is 3.32. The van der Waals surface area contributed by atoms with E-state index in [-0.39, 0.29) is 11.4 Å². The minimum absolute atomic E-state index is 0.258. The molecule has 1 fully saturated rings. The number of rotatable bonds is 1. The summed E-state index contributed by atoms with van der Waals surface area (Å²) >= 11 is 0. The zero-order valence-corrected chi connectivity index (χ0v) is 10.7. The van der Waals surface area contributed by atoms with Crippen molar-refractivity contribution >= 4 is 5.97 Å². The Kier molecular flexibility index (Phi) is 2.74. The van der Waals surface area contributed by atoms with Crippen molar-refractivity contribution in [1.82, 2.24) is 0 Å². The molecule has 0 aliphatic carbocycles. The van der Waals surface area contributed by atoms with Crippen LogP contribution in [-0.4, -0.2) is 11.8 Å². The largest absolute Gasteiger partial charge is 0.431 e. The predicted octanol–water partition coefficient (Wildman–Crippen LogP) is 3.06. The van der Waals surface area contributed by atoms with Crippen LogP contribution in [0, 0.1) is 5.41 Å². The van der Waals surface area contributed by atoms with Crippen molar-refractivity contribution in [2.75, 3.05) is 0 Å². The van der Waals surface area contributed by atoms with Crippen LogP contribution in [0.1, 0.15) is 39.4 Å². The highest BCUT2D eigenvalue weighted by Crippen LogP contribution is 2.44. The van der Waals surface area contributed by atoms with Crippen molar-refractivity contribution < 1.29 is 14.3 Å². The van der Waals surface area contributed by atoms with E-state index in [4.69, 9.17) is 9.47 Å². The molecule has 0 aromatic heterocycles. The van der Waals surface area contributed by atoms with Crippen molar-refractivity contribution in [3.63, 3.8) is 0 Å². The first-order chi connectivity index (χ1) is 7.83. The Labute approximate surface area is 102 Å². The summed E-state index contributed by atoms with van der Waals surface area (Å²) < 4.78 is 11.3. The SMILES string of the molecule is CC(C)(C)[C@]1(C)OC(=O)[C@H](c2ccccc2)O1. The van der Waals surface area contributed by atoms with E-state index in [0.717, 1.165) is 5.56 Å². The van der Waals surface area contributed by atoms with Crippen molar-refractivity contribution in [3.8, 4) is 0 Å². The first-order valence-corrected chi connectivity index (χ1v) is 5.79. The van der Waals surface area contributed by atoms with Gasteiger partial charge in [-0.1, -0.05) is 51.1 Å². The first-order valence-electron chi connectivity index (χ1n) is 5.79. The number of hydrogen-bond donors (Lipinski definition) is 0. The lowest BCUT2D eigenvalue weighted by atomic mass is 9.87. The molecule has 0 N–H and O–H groups in total. The Morgan fingerprint density at radius 1 is 1.18 bits per heavy atom. The highest BCUT2D eigenvalue weighted by atomic mass is 16.8. The van der Waals surface area contributed by atoms with Crippen LogP contribution in [0.15, 0.2) is 30.3 Å². The van der Waals surface area contributed by atoms with Crippen molar-refractivity contribution in [2.24, 2.45) is 5.41 Å². The van der Waals surface area contributed by atoms with E-state index in [1.54, 1.807) is 0 Å². The third kappa shape index (κ3) is 2.07. The molecule has 1 heterocycles. The normalized spacial score (nSPS) is 29.2. The summed E-state index contributed by atoms with van der Waals surface area (Å²) in [5.41, 5.74) is 0.581. The number of ether oxygens (including phenoxy) is 2. The summed E-state index contributed by atoms with van der Waals surface area (Å²) in [6.45, 7) is 7.79. The topological polar surface area (TPSA) is 35.5 Å². The first kappa shape index (κ1) is 12.1. The number of benzene rings is 1. The van der Waals surface area contributed by atoms with Crippen LogP contribution in [0.4, 0.5) is 0 Å². The van der Waals surface area contributed by atoms with Crippen LogP contribution in [0.25, 0.3) is 0 Å². The second-order valence-corrected chi connectivity index (χ2v) is 5.53. The lowest BCUT2D eigenvalue weighted by Crippen LogP contribution is -2.41. The van der Waals surface area contributed by atoms with Crippen LogP contribution in [0.2, 0.25) is 0 Å². The molecular formula is C14H18O3. The van der Waals surface area contributed by atoms with Gasteiger partial charge in [-0.2, -0.15) is 0 Å². The Morgan fingerprint density at radius 3 is 2.24 bits per heavy atom. The fraction of sp³-hybridized carbons (Fsp3) is 0.500. The van der Waals surface area contributed by atoms with E-state index in [0.29, 0.717) is 0 Å². The summed E-state index contributed by atoms with van der Waals surface area (Å²) in [6, 6.07) is 9.44. The Morgan fingerprint density at radius 2 is 1.76 bits per heavy atom. The maximum absolute atomic E-state index is 11.9. The smallest absolute Gasteiger partial charge is 0.342 e. The van der Waals surface area contributed by atoms with E-state index < -0.39 is 11.9 Å². The Balaban J connectivity index is 2.28. The minimum atomic E-state index is -0.870. The number of cyclic esters (lactones) is 1. The molecule has 3 heteroatoms. The van der Waals surface area contributed by atoms with E-state index in [9.17, 15) is 4.79 Å². The molecule has 0 saturated carbocycles. The van der Waals surface area contributed by atoms with Crippen molar-refractivity contribution in [3.05, 3.63) is 35.9 Å². The maximum atomic E-state index is 11.9. The van der Waals surface area contributed by atoms with Crippen molar-refractivity contribution in [1.29, 1.82) is 0 Å². The molecule has 3 nitrogen and oxygen atoms in total. The van der Waals surface area contributed by atoms with Gasteiger partial charge in [-0.05, 0) is 5.56 Å². The van der Waals surface area contributed by atoms with Gasteiger partial charge in [-0.25, -0.2) is 4.79 Å². The zero-order valence-electron chi connectivity index (χ0n) is 10.7. The van der Waals surface area contributed by atoms with Crippen LogP contribution >= 0.6 is 0 Å². The molecule has 1 aliphatic heterocycles. The zero-order chi connectivity index (χ0) is 12.7. The maximum Gasteiger partial charge on any atom is 0.342 e. The fourth-order valence-electron chi connectivity index (χ4n) is 1.70. The molecule has 1 aromatic rings. The molecule has 92 valence electrons. The molecule has 2 atom stereocenters. The average molecular weight is 234 g/mol. The van der Waals surface area contributed by atoms with Crippen LogP contribution in [0.5, 0.6) is 0 Å². The second kappa shape index (κ2) is 3.84. The quantitative estimate of drug-likeness (QED) is 0.700. The summed E-state index contributed by atoms with van der Waals surface area (Å²) in [5.74, 6) is -1.18. The van der Waals surface area contributed by atoms with Gasteiger partial charge in [-0.15, -0.1) is 0 Å². The van der Waals surface area contributed by atoms with Crippen molar-refractivity contribution in [2.45, 2.75) is 39.6 Å². The number of carbonyl (C=O) groups excluding carboxylic acids is 1. The molecule has 2 rings (SSSR count). The van der Waals surface area contributed by atoms with Gasteiger partial charge in [0.1, 0.15) is 0 Å². The Hall–Kier alpha value is -1.35. The fourth-order valence-corrected chi connectivity index (χ4v) is 1.70. The molecule has 0 spiro atoms. The van der Waals surface area contributed by atoms with E-state index in [1.165, 1.54) is 0 Å². The summed E-state index contributed by atoms with van der Waals surface area (Å²) in [4.78, 5) is 11.9. The van der Waals surface area contributed by atoms with Gasteiger partial charge in [0, 0.05) is 12.3 Å². The van der Waals surface area contributed by atoms with Gasteiger partial charge in [0.05, 0.1) is 0 Å². The summed E-state index contributed by atoms with van der Waals surface area (Å²) in [5, 5.41) is 0. The Bertz CT molecular complexity index is 419. The van der Waals surface area contributed by atoms with Gasteiger partial charge in [0.2, 0.25) is 5.79 Å². The molecule has 0 radical (unpaired) electrons. The third-order valence-electron chi connectivity index (χ3n) is 3.32. The van der Waals surface area contributed by atoms with Gasteiger partial charge >= 0.3 is 5.97 Å². The van der Waals surface area contributed by atoms with Crippen LogP contribution < -0.4 is 0 Å². The molecule has 1 aliphatic rings. The predicted molar refractivity (Wildman–Crippen MR) is 64.2 cm³/mol. The molecule has 1 aromatic carbocycles. The molecule has 0 unspecified atom stereocenters. The molecular weight excluding hydrogens is 216 g/mol. The number of hydrogen-bond acceptors (Lipinski definition) is 3. The summed E-state index contributed by atoms with van der Waals surface area (Å²) in [7, 11) is 0. The van der Waals surface area contributed by atoms with Crippen LogP contribution in [-0.2, 0) is 14.3 Å². The minimum Gasteiger partial charge on any atom is -0.431 e. The van der Waals surface area contributed by atoms with E-state index >= 15 is 0 Å². The van der Waals surface area contributed by atoms with Gasteiger partial charge in [-0.3, -0.25) is 0 Å². The molecule has 0 amide bonds. The van der Waals surface area contributed by atoms with E-state index in [2.05, 4.69) is 0 Å². The lowest BCUT2D eigenvalue weighted by Gasteiger charge is -2.35. The molecule has 1 saturated heterocycles. The second-order valence-electron chi connectivity index (χ2n) is 5.53. The highest BCUT2D eigenvalue weighted by Gasteiger charge is 2.52. The number of esters is 1. The standard InChI is InChI=1S/C14H18O3/c1-13(2,3)14(4)16-11(12(15)17-14)10-8-6-5-7-9-10/h5-9,11H,1-4H3/t11-,14-/m0/s1. The molecule has 0 bridgehead atoms. The highest BCUT2D eigenvalue weighted by molar-refractivity contribution is 5.78. The van der Waals surface area contributed by atoms with Gasteiger partial charge < -0.3 is 9.47 Å². The van der Waals surface area contributed by atoms with E-state index in [1.807, 2.05) is 58.0 Å². The van der Waals surface area contributed by atoms with Gasteiger partial charge in [0.25, 0.3) is 0 Å². The average Bonchev–Trinajstić information content (AvgIpc) is 2.56.